The average molecular weight is 284 g/mol. The lowest BCUT2D eigenvalue weighted by molar-refractivity contribution is -0.144. The van der Waals surface area contributed by atoms with E-state index in [1.807, 2.05) is 12.2 Å². The SMILES string of the molecule is CCCCC=CC=CC(C)(SC(C)=O)C(=O)OCC. The van der Waals surface area contributed by atoms with Crippen molar-refractivity contribution < 1.29 is 14.3 Å². The first-order valence-corrected chi connectivity index (χ1v) is 7.49. The van der Waals surface area contributed by atoms with Crippen LogP contribution in [0.3, 0.4) is 0 Å². The van der Waals surface area contributed by atoms with E-state index in [1.54, 1.807) is 19.9 Å². The van der Waals surface area contributed by atoms with Crippen LogP contribution in [0.4, 0.5) is 0 Å². The zero-order valence-electron chi connectivity index (χ0n) is 12.3. The first-order chi connectivity index (χ1) is 8.96. The molecular formula is C15H24O3S. The van der Waals surface area contributed by atoms with Crippen molar-refractivity contribution in [3.8, 4) is 0 Å². The lowest BCUT2D eigenvalue weighted by atomic mass is 10.1. The van der Waals surface area contributed by atoms with Gasteiger partial charge in [0.2, 0.25) is 0 Å². The van der Waals surface area contributed by atoms with E-state index in [4.69, 9.17) is 4.74 Å². The van der Waals surface area contributed by atoms with Gasteiger partial charge in [0.1, 0.15) is 4.75 Å². The summed E-state index contributed by atoms with van der Waals surface area (Å²) in [6.45, 7) is 7.36. The number of allylic oxidation sites excluding steroid dienone is 3. The van der Waals surface area contributed by atoms with E-state index in [-0.39, 0.29) is 11.1 Å². The van der Waals surface area contributed by atoms with Crippen molar-refractivity contribution in [1.29, 1.82) is 0 Å². The fraction of sp³-hybridized carbons (Fsp3) is 0.600. The lowest BCUT2D eigenvalue weighted by Crippen LogP contribution is -2.32. The Hall–Kier alpha value is -1.03. The number of unbranched alkanes of at least 4 members (excludes halogenated alkanes) is 2. The van der Waals surface area contributed by atoms with Gasteiger partial charge < -0.3 is 4.74 Å². The second kappa shape index (κ2) is 9.84. The topological polar surface area (TPSA) is 43.4 Å². The van der Waals surface area contributed by atoms with Crippen molar-refractivity contribution in [3.63, 3.8) is 0 Å². The maximum Gasteiger partial charge on any atom is 0.326 e. The number of carbonyl (C=O) groups excluding carboxylic acids is 2. The molecule has 0 saturated heterocycles. The summed E-state index contributed by atoms with van der Waals surface area (Å²) in [4.78, 5) is 23.1. The molecule has 0 aromatic carbocycles. The molecule has 1 atom stereocenters. The van der Waals surface area contributed by atoms with E-state index < -0.39 is 4.75 Å². The molecule has 0 rings (SSSR count). The van der Waals surface area contributed by atoms with Crippen LogP contribution in [-0.2, 0) is 14.3 Å². The molecule has 0 saturated carbocycles. The molecule has 1 unspecified atom stereocenters. The fourth-order valence-corrected chi connectivity index (χ4v) is 2.34. The molecule has 0 bridgehead atoms. The number of thioether (sulfide) groups is 1. The summed E-state index contributed by atoms with van der Waals surface area (Å²) in [5.74, 6) is -0.381. The van der Waals surface area contributed by atoms with Gasteiger partial charge in [0.15, 0.2) is 5.12 Å². The standard InChI is InChI=1S/C15H24O3S/c1-5-7-8-9-10-11-12-15(4,19-13(3)16)14(17)18-6-2/h9-12H,5-8H2,1-4H3. The van der Waals surface area contributed by atoms with Gasteiger partial charge in [-0.2, -0.15) is 0 Å². The van der Waals surface area contributed by atoms with Crippen molar-refractivity contribution in [1.82, 2.24) is 0 Å². The van der Waals surface area contributed by atoms with E-state index in [9.17, 15) is 9.59 Å². The largest absolute Gasteiger partial charge is 0.465 e. The summed E-state index contributed by atoms with van der Waals surface area (Å²) in [5.41, 5.74) is 0. The second-order valence-corrected chi connectivity index (χ2v) is 5.98. The molecule has 0 N–H and O–H groups in total. The van der Waals surface area contributed by atoms with E-state index in [2.05, 4.69) is 13.0 Å². The van der Waals surface area contributed by atoms with Gasteiger partial charge in [-0.25, -0.2) is 0 Å². The van der Waals surface area contributed by atoms with Crippen LogP contribution >= 0.6 is 11.8 Å². The Kier molecular flexibility index (Phi) is 9.31. The number of hydrogen-bond acceptors (Lipinski definition) is 4. The van der Waals surface area contributed by atoms with Gasteiger partial charge in [0.05, 0.1) is 6.61 Å². The van der Waals surface area contributed by atoms with Gasteiger partial charge in [-0.05, 0) is 20.3 Å². The summed E-state index contributed by atoms with van der Waals surface area (Å²) in [5, 5.41) is -0.102. The molecular weight excluding hydrogens is 260 g/mol. The van der Waals surface area contributed by atoms with Crippen LogP contribution in [0.25, 0.3) is 0 Å². The van der Waals surface area contributed by atoms with Crippen LogP contribution in [0.15, 0.2) is 24.3 Å². The van der Waals surface area contributed by atoms with Crippen LogP contribution in [0.2, 0.25) is 0 Å². The first-order valence-electron chi connectivity index (χ1n) is 6.67. The predicted octanol–water partition coefficient (Wildman–Crippen LogP) is 3.89. The molecule has 0 spiro atoms. The molecule has 108 valence electrons. The van der Waals surface area contributed by atoms with Crippen LogP contribution in [0.1, 0.15) is 47.0 Å². The normalized spacial score (nSPS) is 14.7. The van der Waals surface area contributed by atoms with Crippen molar-refractivity contribution >= 4 is 22.8 Å². The molecule has 4 heteroatoms. The highest BCUT2D eigenvalue weighted by molar-refractivity contribution is 8.15. The number of carbonyl (C=O) groups is 2. The van der Waals surface area contributed by atoms with Gasteiger partial charge in [-0.1, -0.05) is 55.8 Å². The molecule has 0 aliphatic carbocycles. The van der Waals surface area contributed by atoms with E-state index in [0.29, 0.717) is 6.61 Å². The van der Waals surface area contributed by atoms with Gasteiger partial charge in [0, 0.05) is 6.92 Å². The molecule has 0 aliphatic rings. The summed E-state index contributed by atoms with van der Waals surface area (Å²) < 4.78 is 4.07. The molecule has 19 heavy (non-hydrogen) atoms. The smallest absolute Gasteiger partial charge is 0.326 e. The highest BCUT2D eigenvalue weighted by Crippen LogP contribution is 2.29. The minimum absolute atomic E-state index is 0.102. The minimum Gasteiger partial charge on any atom is -0.465 e. The second-order valence-electron chi connectivity index (χ2n) is 4.35. The monoisotopic (exact) mass is 284 g/mol. The van der Waals surface area contributed by atoms with Crippen LogP contribution in [0, 0.1) is 0 Å². The fourth-order valence-electron chi connectivity index (χ4n) is 1.45. The summed E-state index contributed by atoms with van der Waals surface area (Å²) in [6, 6.07) is 0. The first kappa shape index (κ1) is 18.0. The predicted molar refractivity (Wildman–Crippen MR) is 81.1 cm³/mol. The zero-order valence-corrected chi connectivity index (χ0v) is 13.1. The quantitative estimate of drug-likeness (QED) is 0.385. The van der Waals surface area contributed by atoms with Gasteiger partial charge in [0.25, 0.3) is 0 Å². The highest BCUT2D eigenvalue weighted by Gasteiger charge is 2.34. The molecule has 0 heterocycles. The van der Waals surface area contributed by atoms with Gasteiger partial charge >= 0.3 is 5.97 Å². The molecule has 0 aromatic heterocycles. The Labute approximate surface area is 120 Å². The molecule has 0 aliphatic heterocycles. The summed E-state index contributed by atoms with van der Waals surface area (Å²) in [6.07, 6.45) is 10.8. The van der Waals surface area contributed by atoms with E-state index in [1.165, 1.54) is 6.92 Å². The molecule has 0 amide bonds. The number of hydrogen-bond donors (Lipinski definition) is 0. The third-order valence-electron chi connectivity index (χ3n) is 2.42. The average Bonchev–Trinajstić information content (AvgIpc) is 2.33. The number of esters is 1. The summed E-state index contributed by atoms with van der Waals surface area (Å²) in [7, 11) is 0. The maximum atomic E-state index is 11.9. The van der Waals surface area contributed by atoms with Crippen LogP contribution < -0.4 is 0 Å². The van der Waals surface area contributed by atoms with Crippen LogP contribution in [0.5, 0.6) is 0 Å². The van der Waals surface area contributed by atoms with E-state index in [0.717, 1.165) is 31.0 Å². The van der Waals surface area contributed by atoms with Crippen molar-refractivity contribution in [3.05, 3.63) is 24.3 Å². The lowest BCUT2D eigenvalue weighted by Gasteiger charge is -2.21. The Balaban J connectivity index is 4.66. The number of ether oxygens (including phenoxy) is 1. The third-order valence-corrected chi connectivity index (χ3v) is 3.44. The number of rotatable bonds is 8. The van der Waals surface area contributed by atoms with Crippen molar-refractivity contribution in [2.24, 2.45) is 0 Å². The third kappa shape index (κ3) is 7.88. The van der Waals surface area contributed by atoms with E-state index >= 15 is 0 Å². The Morgan fingerprint density at radius 3 is 2.47 bits per heavy atom. The minimum atomic E-state index is -0.947. The molecule has 3 nitrogen and oxygen atoms in total. The Bertz CT molecular complexity index is 347. The Morgan fingerprint density at radius 2 is 1.95 bits per heavy atom. The summed E-state index contributed by atoms with van der Waals surface area (Å²) >= 11 is 0.984. The van der Waals surface area contributed by atoms with Crippen molar-refractivity contribution in [2.45, 2.75) is 51.7 Å². The van der Waals surface area contributed by atoms with Gasteiger partial charge in [-0.15, -0.1) is 0 Å². The highest BCUT2D eigenvalue weighted by atomic mass is 32.2. The maximum absolute atomic E-state index is 11.9. The zero-order chi connectivity index (χ0) is 14.7. The molecule has 0 aromatic rings. The van der Waals surface area contributed by atoms with Crippen LogP contribution in [-0.4, -0.2) is 22.4 Å². The molecule has 0 fully saturated rings. The van der Waals surface area contributed by atoms with Crippen molar-refractivity contribution in [2.75, 3.05) is 6.61 Å². The van der Waals surface area contributed by atoms with Gasteiger partial charge in [-0.3, -0.25) is 9.59 Å². The molecule has 0 radical (unpaired) electrons. The Morgan fingerprint density at radius 1 is 1.26 bits per heavy atom.